The number of nitrogens with two attached hydrogens (primary N) is 1. The van der Waals surface area contributed by atoms with Crippen LogP contribution >= 0.6 is 12.4 Å². The van der Waals surface area contributed by atoms with Gasteiger partial charge in [0.1, 0.15) is 5.82 Å². The van der Waals surface area contributed by atoms with Crippen LogP contribution in [-0.4, -0.2) is 32.4 Å². The van der Waals surface area contributed by atoms with E-state index < -0.39 is 15.8 Å². The van der Waals surface area contributed by atoms with Crippen molar-refractivity contribution >= 4 is 22.4 Å². The number of benzene rings is 1. The molecule has 2 N–H and O–H groups in total. The Morgan fingerprint density at radius 2 is 1.75 bits per heavy atom. The maximum Gasteiger partial charge on any atom is 0.243 e. The number of hydrogen-bond donors (Lipinski definition) is 1. The third-order valence-electron chi connectivity index (χ3n) is 3.60. The molecule has 1 heterocycles. The van der Waals surface area contributed by atoms with Gasteiger partial charge in [0.05, 0.1) is 4.90 Å². The highest BCUT2D eigenvalue weighted by molar-refractivity contribution is 7.89. The van der Waals surface area contributed by atoms with Crippen molar-refractivity contribution in [2.24, 2.45) is 11.7 Å². The first-order chi connectivity index (χ1) is 9.04. The fourth-order valence-corrected chi connectivity index (χ4v) is 3.90. The second-order valence-corrected chi connectivity index (χ2v) is 6.82. The Morgan fingerprint density at radius 1 is 1.20 bits per heavy atom. The molecule has 0 saturated carbocycles. The third kappa shape index (κ3) is 3.91. The molecule has 0 bridgehead atoms. The normalized spacial score (nSPS) is 17.7. The first-order valence-electron chi connectivity index (χ1n) is 6.50. The second kappa shape index (κ2) is 7.36. The summed E-state index contributed by atoms with van der Waals surface area (Å²) in [4.78, 5) is 0.158. The smallest absolute Gasteiger partial charge is 0.243 e. The van der Waals surface area contributed by atoms with Crippen molar-refractivity contribution < 1.29 is 12.8 Å². The molecule has 1 aliphatic rings. The number of piperidine rings is 1. The van der Waals surface area contributed by atoms with Crippen molar-refractivity contribution in [1.29, 1.82) is 0 Å². The van der Waals surface area contributed by atoms with Crippen LogP contribution in [0.15, 0.2) is 29.2 Å². The summed E-state index contributed by atoms with van der Waals surface area (Å²) >= 11 is 0. The van der Waals surface area contributed by atoms with E-state index >= 15 is 0 Å². The Bertz CT molecular complexity index is 514. The molecule has 1 aromatic rings. The zero-order valence-corrected chi connectivity index (χ0v) is 12.8. The molecule has 0 aliphatic carbocycles. The molecule has 0 radical (unpaired) electrons. The van der Waals surface area contributed by atoms with E-state index in [9.17, 15) is 12.8 Å². The van der Waals surface area contributed by atoms with Gasteiger partial charge in [0.2, 0.25) is 10.0 Å². The molecule has 20 heavy (non-hydrogen) atoms. The van der Waals surface area contributed by atoms with Crippen LogP contribution in [0.3, 0.4) is 0 Å². The Morgan fingerprint density at radius 3 is 2.25 bits per heavy atom. The van der Waals surface area contributed by atoms with Gasteiger partial charge in [-0.15, -0.1) is 12.4 Å². The van der Waals surface area contributed by atoms with Gasteiger partial charge in [-0.05, 0) is 56.0 Å². The first-order valence-corrected chi connectivity index (χ1v) is 7.94. The van der Waals surface area contributed by atoms with Gasteiger partial charge in [-0.3, -0.25) is 0 Å². The lowest BCUT2D eigenvalue weighted by Crippen LogP contribution is -2.38. The van der Waals surface area contributed by atoms with E-state index in [1.54, 1.807) is 0 Å². The minimum Gasteiger partial charge on any atom is -0.330 e. The molecule has 114 valence electrons. The van der Waals surface area contributed by atoms with Crippen LogP contribution in [0.1, 0.15) is 19.3 Å². The van der Waals surface area contributed by atoms with E-state index in [0.717, 1.165) is 19.3 Å². The fourth-order valence-electron chi connectivity index (χ4n) is 2.43. The van der Waals surface area contributed by atoms with Gasteiger partial charge in [0.25, 0.3) is 0 Å². The van der Waals surface area contributed by atoms with Gasteiger partial charge < -0.3 is 5.73 Å². The Labute approximate surface area is 125 Å². The SMILES string of the molecule is Cl.NCCC1CCN(S(=O)(=O)c2ccc(F)cc2)CC1. The van der Waals surface area contributed by atoms with Gasteiger partial charge >= 0.3 is 0 Å². The highest BCUT2D eigenvalue weighted by atomic mass is 35.5. The summed E-state index contributed by atoms with van der Waals surface area (Å²) in [5, 5.41) is 0. The molecule has 1 aliphatic heterocycles. The number of hydrogen-bond acceptors (Lipinski definition) is 3. The summed E-state index contributed by atoms with van der Waals surface area (Å²) in [7, 11) is -3.48. The zero-order valence-electron chi connectivity index (χ0n) is 11.2. The molecule has 0 amide bonds. The van der Waals surface area contributed by atoms with Crippen molar-refractivity contribution in [3.8, 4) is 0 Å². The lowest BCUT2D eigenvalue weighted by atomic mass is 9.95. The average Bonchev–Trinajstić information content (AvgIpc) is 2.40. The molecule has 7 heteroatoms. The van der Waals surface area contributed by atoms with E-state index in [0.29, 0.717) is 25.6 Å². The number of rotatable bonds is 4. The highest BCUT2D eigenvalue weighted by Gasteiger charge is 2.28. The topological polar surface area (TPSA) is 63.4 Å². The molecule has 0 spiro atoms. The molecule has 0 atom stereocenters. The van der Waals surface area contributed by atoms with E-state index in [-0.39, 0.29) is 17.3 Å². The Kier molecular flexibility index (Phi) is 6.39. The largest absolute Gasteiger partial charge is 0.330 e. The maximum atomic E-state index is 12.8. The zero-order chi connectivity index (χ0) is 13.9. The maximum absolute atomic E-state index is 12.8. The van der Waals surface area contributed by atoms with Crippen LogP contribution in [0, 0.1) is 11.7 Å². The molecule has 2 rings (SSSR count). The lowest BCUT2D eigenvalue weighted by molar-refractivity contribution is 0.266. The Hall–Kier alpha value is -0.690. The molecule has 1 aromatic carbocycles. The predicted molar refractivity (Wildman–Crippen MR) is 78.8 cm³/mol. The van der Waals surface area contributed by atoms with Crippen molar-refractivity contribution in [3.63, 3.8) is 0 Å². The van der Waals surface area contributed by atoms with E-state index in [4.69, 9.17) is 5.73 Å². The van der Waals surface area contributed by atoms with Crippen LogP contribution in [-0.2, 0) is 10.0 Å². The van der Waals surface area contributed by atoms with Crippen molar-refractivity contribution in [2.45, 2.75) is 24.2 Å². The van der Waals surface area contributed by atoms with Crippen molar-refractivity contribution in [2.75, 3.05) is 19.6 Å². The van der Waals surface area contributed by atoms with Crippen LogP contribution in [0.5, 0.6) is 0 Å². The van der Waals surface area contributed by atoms with E-state index in [2.05, 4.69) is 0 Å². The monoisotopic (exact) mass is 322 g/mol. The standard InChI is InChI=1S/C13H19FN2O2S.ClH/c14-12-1-3-13(4-2-12)19(17,18)16-9-6-11(5-8-15)7-10-16;/h1-4,11H,5-10,15H2;1H. The fraction of sp³-hybridized carbons (Fsp3) is 0.538. The lowest BCUT2D eigenvalue weighted by Gasteiger charge is -2.31. The summed E-state index contributed by atoms with van der Waals surface area (Å²) in [5.41, 5.74) is 5.52. The van der Waals surface area contributed by atoms with Gasteiger partial charge in [0, 0.05) is 13.1 Å². The quantitative estimate of drug-likeness (QED) is 0.922. The van der Waals surface area contributed by atoms with Gasteiger partial charge in [-0.25, -0.2) is 12.8 Å². The number of sulfonamides is 1. The summed E-state index contributed by atoms with van der Waals surface area (Å²) in [5.74, 6) is 0.0882. The molecule has 0 aromatic heterocycles. The average molecular weight is 323 g/mol. The minimum absolute atomic E-state index is 0. The number of nitrogens with zero attached hydrogens (tertiary/aromatic N) is 1. The van der Waals surface area contributed by atoms with Crippen molar-refractivity contribution in [1.82, 2.24) is 4.31 Å². The van der Waals surface area contributed by atoms with Crippen LogP contribution in [0.4, 0.5) is 4.39 Å². The first kappa shape index (κ1) is 17.4. The summed E-state index contributed by atoms with van der Waals surface area (Å²) in [6.45, 7) is 1.68. The predicted octanol–water partition coefficient (Wildman–Crippen LogP) is 2.00. The number of halogens is 2. The molecule has 1 saturated heterocycles. The minimum atomic E-state index is -3.48. The van der Waals surface area contributed by atoms with Crippen LogP contribution in [0.25, 0.3) is 0 Å². The summed E-state index contributed by atoms with van der Waals surface area (Å²) in [6, 6.07) is 4.98. The Balaban J connectivity index is 0.00000200. The highest BCUT2D eigenvalue weighted by Crippen LogP contribution is 2.25. The van der Waals surface area contributed by atoms with Crippen LogP contribution in [0.2, 0.25) is 0 Å². The van der Waals surface area contributed by atoms with Gasteiger partial charge in [-0.1, -0.05) is 0 Å². The van der Waals surface area contributed by atoms with Gasteiger partial charge in [0.15, 0.2) is 0 Å². The van der Waals surface area contributed by atoms with Crippen molar-refractivity contribution in [3.05, 3.63) is 30.1 Å². The molecular formula is C13H20ClFN2O2S. The van der Waals surface area contributed by atoms with Gasteiger partial charge in [-0.2, -0.15) is 4.31 Å². The van der Waals surface area contributed by atoms with E-state index in [1.165, 1.54) is 28.6 Å². The molecular weight excluding hydrogens is 303 g/mol. The second-order valence-electron chi connectivity index (χ2n) is 4.88. The summed E-state index contributed by atoms with van der Waals surface area (Å²) < 4.78 is 39.0. The molecule has 4 nitrogen and oxygen atoms in total. The molecule has 1 fully saturated rings. The molecule has 0 unspecified atom stereocenters. The van der Waals surface area contributed by atoms with E-state index in [1.807, 2.05) is 0 Å². The van der Waals surface area contributed by atoms with Crippen LogP contribution < -0.4 is 5.73 Å². The third-order valence-corrected chi connectivity index (χ3v) is 5.51. The summed E-state index contributed by atoms with van der Waals surface area (Å²) in [6.07, 6.45) is 2.64.